The van der Waals surface area contributed by atoms with E-state index in [2.05, 4.69) is 38.5 Å². The number of para-hydroxylation sites is 1. The average molecular weight is 568 g/mol. The molecule has 0 aliphatic rings. The van der Waals surface area contributed by atoms with Gasteiger partial charge in [-0.2, -0.15) is 0 Å². The van der Waals surface area contributed by atoms with Crippen LogP contribution in [0.1, 0.15) is 12.0 Å². The van der Waals surface area contributed by atoms with Crippen molar-refractivity contribution in [1.82, 2.24) is 10.6 Å². The zero-order chi connectivity index (χ0) is 22.1. The normalized spacial score (nSPS) is 11.5. The minimum atomic E-state index is -3.34. The highest BCUT2D eigenvalue weighted by Gasteiger charge is 2.07. The highest BCUT2D eigenvalue weighted by atomic mass is 127. The third-order valence-corrected chi connectivity index (χ3v) is 5.18. The van der Waals surface area contributed by atoms with E-state index in [4.69, 9.17) is 4.74 Å². The van der Waals surface area contributed by atoms with Gasteiger partial charge in [0.25, 0.3) is 0 Å². The van der Waals surface area contributed by atoms with E-state index in [1.165, 1.54) is 5.39 Å². The van der Waals surface area contributed by atoms with Crippen LogP contribution in [-0.2, 0) is 16.6 Å². The maximum absolute atomic E-state index is 11.5. The number of rotatable bonds is 9. The van der Waals surface area contributed by atoms with E-state index in [-0.39, 0.29) is 24.0 Å². The molecule has 0 fully saturated rings. The molecule has 0 unspecified atom stereocenters. The molecule has 0 aromatic heterocycles. The fourth-order valence-corrected chi connectivity index (χ4v) is 3.70. The maximum Gasteiger partial charge on any atom is 0.229 e. The van der Waals surface area contributed by atoms with Crippen LogP contribution in [0.25, 0.3) is 10.8 Å². The van der Waals surface area contributed by atoms with E-state index in [9.17, 15) is 8.42 Å². The van der Waals surface area contributed by atoms with Crippen LogP contribution in [0.5, 0.6) is 5.75 Å². The first kappa shape index (κ1) is 25.7. The van der Waals surface area contributed by atoms with E-state index >= 15 is 0 Å². The Bertz CT molecular complexity index is 1150. The molecule has 0 aliphatic carbocycles. The lowest BCUT2D eigenvalue weighted by atomic mass is 10.1. The number of nitrogens with one attached hydrogen (secondary N) is 3. The fraction of sp³-hybridized carbons (Fsp3) is 0.261. The topological polar surface area (TPSA) is 91.8 Å². The Labute approximate surface area is 206 Å². The molecule has 0 bridgehead atoms. The Hall–Kier alpha value is -2.53. The molecule has 0 radical (unpaired) electrons. The van der Waals surface area contributed by atoms with Gasteiger partial charge >= 0.3 is 0 Å². The van der Waals surface area contributed by atoms with E-state index in [1.807, 2.05) is 36.4 Å². The van der Waals surface area contributed by atoms with Crippen molar-refractivity contribution in [2.75, 3.05) is 31.2 Å². The Morgan fingerprint density at radius 3 is 2.44 bits per heavy atom. The maximum atomic E-state index is 11.5. The summed E-state index contributed by atoms with van der Waals surface area (Å²) in [6.07, 6.45) is 1.94. The van der Waals surface area contributed by atoms with Crippen LogP contribution in [0.3, 0.4) is 0 Å². The minimum Gasteiger partial charge on any atom is -0.494 e. The first-order valence-corrected chi connectivity index (χ1v) is 12.0. The van der Waals surface area contributed by atoms with Crippen LogP contribution in [-0.4, -0.2) is 40.8 Å². The molecule has 7 nitrogen and oxygen atoms in total. The van der Waals surface area contributed by atoms with E-state index in [0.29, 0.717) is 31.3 Å². The van der Waals surface area contributed by atoms with Gasteiger partial charge < -0.3 is 15.4 Å². The van der Waals surface area contributed by atoms with Crippen molar-refractivity contribution >= 4 is 56.4 Å². The van der Waals surface area contributed by atoms with Gasteiger partial charge in [-0.15, -0.1) is 24.0 Å². The molecule has 172 valence electrons. The second-order valence-corrected chi connectivity index (χ2v) is 8.84. The lowest BCUT2D eigenvalue weighted by Crippen LogP contribution is -2.37. The van der Waals surface area contributed by atoms with Gasteiger partial charge in [-0.25, -0.2) is 8.42 Å². The summed E-state index contributed by atoms with van der Waals surface area (Å²) in [6, 6.07) is 21.5. The molecule has 0 atom stereocenters. The summed E-state index contributed by atoms with van der Waals surface area (Å²) in [4.78, 5) is 4.21. The van der Waals surface area contributed by atoms with Crippen molar-refractivity contribution in [3.63, 3.8) is 0 Å². The van der Waals surface area contributed by atoms with Crippen molar-refractivity contribution in [3.8, 4) is 5.75 Å². The number of benzene rings is 3. The molecular weight excluding hydrogens is 539 g/mol. The Kier molecular flexibility index (Phi) is 10.0. The molecule has 0 spiro atoms. The number of nitrogens with zero attached hydrogens (tertiary/aromatic N) is 1. The lowest BCUT2D eigenvalue weighted by Gasteiger charge is -2.15. The first-order valence-electron chi connectivity index (χ1n) is 10.1. The van der Waals surface area contributed by atoms with E-state index in [1.54, 1.807) is 19.2 Å². The molecular formula is C23H29IN4O3S. The van der Waals surface area contributed by atoms with Gasteiger partial charge in [0.05, 0.1) is 18.6 Å². The fourth-order valence-electron chi connectivity index (χ4n) is 3.10. The predicted molar refractivity (Wildman–Crippen MR) is 143 cm³/mol. The number of guanidine groups is 1. The molecule has 0 aliphatic heterocycles. The molecule has 3 aromatic carbocycles. The van der Waals surface area contributed by atoms with Crippen LogP contribution in [0.2, 0.25) is 0 Å². The van der Waals surface area contributed by atoms with Gasteiger partial charge in [-0.3, -0.25) is 9.71 Å². The predicted octanol–water partition coefficient (Wildman–Crippen LogP) is 3.96. The Balaban J connectivity index is 0.00000363. The Morgan fingerprint density at radius 1 is 0.969 bits per heavy atom. The van der Waals surface area contributed by atoms with E-state index < -0.39 is 10.0 Å². The van der Waals surface area contributed by atoms with Crippen LogP contribution in [0.15, 0.2) is 71.7 Å². The molecule has 0 heterocycles. The molecule has 9 heteroatoms. The molecule has 32 heavy (non-hydrogen) atoms. The van der Waals surface area contributed by atoms with Crippen molar-refractivity contribution < 1.29 is 13.2 Å². The number of halogens is 1. The molecule has 0 saturated heterocycles. The monoisotopic (exact) mass is 568 g/mol. The molecule has 3 aromatic rings. The third kappa shape index (κ3) is 8.19. The SMILES string of the molecule is CN=C(NCCCOc1ccc2ccccc2c1)NCc1ccccc1NS(C)(=O)=O.I. The van der Waals surface area contributed by atoms with Gasteiger partial charge in [0.2, 0.25) is 10.0 Å². The zero-order valence-corrected chi connectivity index (χ0v) is 21.3. The molecule has 3 rings (SSSR count). The van der Waals surface area contributed by atoms with Crippen LogP contribution in [0.4, 0.5) is 5.69 Å². The first-order chi connectivity index (χ1) is 14.9. The highest BCUT2D eigenvalue weighted by Crippen LogP contribution is 2.20. The number of anilines is 1. The summed E-state index contributed by atoms with van der Waals surface area (Å²) < 4.78 is 31.5. The molecule has 3 N–H and O–H groups in total. The summed E-state index contributed by atoms with van der Waals surface area (Å²) in [5, 5.41) is 8.80. The quantitative estimate of drug-likeness (QED) is 0.157. The standard InChI is InChI=1S/C23H28N4O3S.HI/c1-24-23(26-17-20-10-5-6-11-22(20)27-31(2,28)29)25-14-7-15-30-21-13-12-18-8-3-4-9-19(18)16-21;/h3-6,8-13,16,27H,7,14-15,17H2,1-2H3,(H2,24,25,26);1H. The smallest absolute Gasteiger partial charge is 0.229 e. The second kappa shape index (κ2) is 12.5. The lowest BCUT2D eigenvalue weighted by molar-refractivity contribution is 0.311. The minimum absolute atomic E-state index is 0. The van der Waals surface area contributed by atoms with Gasteiger partial charge in [0.15, 0.2) is 5.96 Å². The van der Waals surface area contributed by atoms with Crippen LogP contribution in [0, 0.1) is 0 Å². The van der Waals surface area contributed by atoms with Crippen LogP contribution < -0.4 is 20.1 Å². The van der Waals surface area contributed by atoms with Crippen molar-refractivity contribution in [2.24, 2.45) is 4.99 Å². The zero-order valence-electron chi connectivity index (χ0n) is 18.2. The second-order valence-electron chi connectivity index (χ2n) is 7.09. The number of hydrogen-bond acceptors (Lipinski definition) is 4. The van der Waals surface area contributed by atoms with Crippen molar-refractivity contribution in [3.05, 3.63) is 72.3 Å². The van der Waals surface area contributed by atoms with Crippen LogP contribution >= 0.6 is 24.0 Å². The Morgan fingerprint density at radius 2 is 1.69 bits per heavy atom. The van der Waals surface area contributed by atoms with Crippen molar-refractivity contribution in [1.29, 1.82) is 0 Å². The summed E-state index contributed by atoms with van der Waals surface area (Å²) in [7, 11) is -1.64. The summed E-state index contributed by atoms with van der Waals surface area (Å²) in [5.74, 6) is 1.50. The van der Waals surface area contributed by atoms with Gasteiger partial charge in [0, 0.05) is 20.1 Å². The summed E-state index contributed by atoms with van der Waals surface area (Å²) in [5.41, 5.74) is 1.38. The largest absolute Gasteiger partial charge is 0.494 e. The number of hydrogen-bond donors (Lipinski definition) is 3. The highest BCUT2D eigenvalue weighted by molar-refractivity contribution is 14.0. The van der Waals surface area contributed by atoms with Crippen molar-refractivity contribution in [2.45, 2.75) is 13.0 Å². The number of fused-ring (bicyclic) bond motifs is 1. The summed E-state index contributed by atoms with van der Waals surface area (Å²) >= 11 is 0. The molecule has 0 amide bonds. The number of aliphatic imine (C=N–C) groups is 1. The number of sulfonamides is 1. The van der Waals surface area contributed by atoms with Gasteiger partial charge in [-0.1, -0.05) is 48.5 Å². The van der Waals surface area contributed by atoms with E-state index in [0.717, 1.165) is 29.4 Å². The van der Waals surface area contributed by atoms with Gasteiger partial charge in [-0.05, 0) is 41.0 Å². The third-order valence-electron chi connectivity index (χ3n) is 4.59. The number of ether oxygens (including phenoxy) is 1. The summed E-state index contributed by atoms with van der Waals surface area (Å²) in [6.45, 7) is 1.71. The average Bonchev–Trinajstić information content (AvgIpc) is 2.75. The van der Waals surface area contributed by atoms with Gasteiger partial charge in [0.1, 0.15) is 5.75 Å². The molecule has 0 saturated carbocycles.